The maximum Gasteiger partial charge on any atom is 0.409 e. The van der Waals surface area contributed by atoms with Gasteiger partial charge in [0.15, 0.2) is 0 Å². The Labute approximate surface area is 150 Å². The lowest BCUT2D eigenvalue weighted by molar-refractivity contribution is 0.109. The number of likely N-dealkylation sites (tertiary alicyclic amines) is 1. The summed E-state index contributed by atoms with van der Waals surface area (Å²) in [7, 11) is 3.33. The van der Waals surface area contributed by atoms with Gasteiger partial charge in [0.05, 0.1) is 18.3 Å². The number of methoxy groups -OCH3 is 1. The zero-order valence-electron chi connectivity index (χ0n) is 15.1. The van der Waals surface area contributed by atoms with Crippen molar-refractivity contribution in [1.82, 2.24) is 24.8 Å². The predicted molar refractivity (Wildman–Crippen MR) is 94.7 cm³/mol. The average Bonchev–Trinajstić information content (AvgIpc) is 3.26. The normalized spacial score (nSPS) is 15.6. The van der Waals surface area contributed by atoms with Gasteiger partial charge in [-0.05, 0) is 25.8 Å². The molecule has 0 aliphatic carbocycles. The monoisotopic (exact) mass is 355 g/mol. The van der Waals surface area contributed by atoms with Crippen molar-refractivity contribution < 1.29 is 14.1 Å². The fourth-order valence-electron chi connectivity index (χ4n) is 3.53. The summed E-state index contributed by atoms with van der Waals surface area (Å²) in [6.07, 6.45) is 1.29. The molecule has 1 aromatic carbocycles. The van der Waals surface area contributed by atoms with Crippen molar-refractivity contribution >= 4 is 17.0 Å². The largest absolute Gasteiger partial charge is 0.453 e. The van der Waals surface area contributed by atoms with E-state index in [1.807, 2.05) is 36.9 Å². The number of aryl methyl sites for hydroxylation is 2. The standard InChI is InChI=1S/C18H21N5O3/c1-11-14-5-4-13(10-15(14)22(2)20-11)16-19-17(26-21-16)12-6-8-23(9-7-12)18(24)25-3/h4-5,10,12H,6-9H2,1-3H3. The topological polar surface area (TPSA) is 86.3 Å². The fourth-order valence-corrected chi connectivity index (χ4v) is 3.53. The van der Waals surface area contributed by atoms with Crippen molar-refractivity contribution in [2.45, 2.75) is 25.7 Å². The Morgan fingerprint density at radius 3 is 2.81 bits per heavy atom. The fraction of sp³-hybridized carbons (Fsp3) is 0.444. The highest BCUT2D eigenvalue weighted by Crippen LogP contribution is 2.30. The molecule has 1 saturated heterocycles. The van der Waals surface area contributed by atoms with Crippen molar-refractivity contribution in [3.05, 3.63) is 29.8 Å². The van der Waals surface area contributed by atoms with Crippen LogP contribution in [-0.2, 0) is 11.8 Å². The third-order valence-corrected chi connectivity index (χ3v) is 5.01. The van der Waals surface area contributed by atoms with Crippen LogP contribution in [-0.4, -0.2) is 51.1 Å². The highest BCUT2D eigenvalue weighted by Gasteiger charge is 2.28. The predicted octanol–water partition coefficient (Wildman–Crippen LogP) is 2.88. The van der Waals surface area contributed by atoms with E-state index in [9.17, 15) is 4.79 Å². The number of hydrogen-bond acceptors (Lipinski definition) is 6. The molecule has 0 N–H and O–H groups in total. The molecule has 3 aromatic rings. The second-order valence-electron chi connectivity index (χ2n) is 6.63. The van der Waals surface area contributed by atoms with Gasteiger partial charge in [0, 0.05) is 37.0 Å². The van der Waals surface area contributed by atoms with Gasteiger partial charge in [0.25, 0.3) is 0 Å². The van der Waals surface area contributed by atoms with Crippen LogP contribution in [0.25, 0.3) is 22.3 Å². The molecule has 0 atom stereocenters. The first kappa shape index (κ1) is 16.6. The van der Waals surface area contributed by atoms with Crippen LogP contribution in [0.3, 0.4) is 0 Å². The maximum atomic E-state index is 11.6. The lowest BCUT2D eigenvalue weighted by Gasteiger charge is -2.28. The molecule has 0 bridgehead atoms. The van der Waals surface area contributed by atoms with Gasteiger partial charge in [-0.15, -0.1) is 0 Å². The number of hydrogen-bond donors (Lipinski definition) is 0. The molecular formula is C18H21N5O3. The first-order chi connectivity index (χ1) is 12.6. The maximum absolute atomic E-state index is 11.6. The van der Waals surface area contributed by atoms with E-state index >= 15 is 0 Å². The van der Waals surface area contributed by atoms with Crippen LogP contribution in [0.2, 0.25) is 0 Å². The number of piperidine rings is 1. The summed E-state index contributed by atoms with van der Waals surface area (Å²) in [6.45, 7) is 3.26. The molecule has 26 heavy (non-hydrogen) atoms. The smallest absolute Gasteiger partial charge is 0.409 e. The summed E-state index contributed by atoms with van der Waals surface area (Å²) in [5.74, 6) is 1.38. The number of rotatable bonds is 2. The van der Waals surface area contributed by atoms with Gasteiger partial charge in [0.1, 0.15) is 0 Å². The number of fused-ring (bicyclic) bond motifs is 1. The zero-order chi connectivity index (χ0) is 18.3. The van der Waals surface area contributed by atoms with E-state index in [0.717, 1.165) is 35.0 Å². The van der Waals surface area contributed by atoms with Crippen LogP contribution in [0.15, 0.2) is 22.7 Å². The third-order valence-electron chi connectivity index (χ3n) is 5.01. The molecule has 1 aliphatic rings. The number of ether oxygens (including phenoxy) is 1. The molecule has 2 aromatic heterocycles. The molecule has 0 unspecified atom stereocenters. The quantitative estimate of drug-likeness (QED) is 0.702. The summed E-state index contributed by atoms with van der Waals surface area (Å²) < 4.78 is 12.1. The van der Waals surface area contributed by atoms with Crippen LogP contribution in [0.1, 0.15) is 30.3 Å². The molecule has 1 aliphatic heterocycles. The third kappa shape index (κ3) is 2.81. The Hall–Kier alpha value is -2.90. The van der Waals surface area contributed by atoms with Gasteiger partial charge in [-0.3, -0.25) is 4.68 Å². The van der Waals surface area contributed by atoms with Gasteiger partial charge in [0.2, 0.25) is 11.7 Å². The van der Waals surface area contributed by atoms with Gasteiger partial charge < -0.3 is 14.2 Å². The highest BCUT2D eigenvalue weighted by atomic mass is 16.5. The van der Waals surface area contributed by atoms with Crippen LogP contribution < -0.4 is 0 Å². The molecule has 3 heterocycles. The first-order valence-corrected chi connectivity index (χ1v) is 8.67. The van der Waals surface area contributed by atoms with E-state index in [1.165, 1.54) is 7.11 Å². The molecule has 8 nitrogen and oxygen atoms in total. The molecule has 0 radical (unpaired) electrons. The number of carbonyl (C=O) groups is 1. The summed E-state index contributed by atoms with van der Waals surface area (Å²) >= 11 is 0. The molecular weight excluding hydrogens is 334 g/mol. The van der Waals surface area contributed by atoms with Crippen LogP contribution in [0, 0.1) is 6.92 Å². The highest BCUT2D eigenvalue weighted by molar-refractivity contribution is 5.85. The zero-order valence-corrected chi connectivity index (χ0v) is 15.1. The number of aromatic nitrogens is 4. The molecule has 1 fully saturated rings. The average molecular weight is 355 g/mol. The van der Waals surface area contributed by atoms with E-state index in [1.54, 1.807) is 4.90 Å². The van der Waals surface area contributed by atoms with Crippen molar-refractivity contribution in [1.29, 1.82) is 0 Å². The number of benzene rings is 1. The van der Waals surface area contributed by atoms with Crippen molar-refractivity contribution in [2.24, 2.45) is 7.05 Å². The van der Waals surface area contributed by atoms with E-state index < -0.39 is 0 Å². The molecule has 0 saturated carbocycles. The van der Waals surface area contributed by atoms with E-state index in [2.05, 4.69) is 15.2 Å². The van der Waals surface area contributed by atoms with E-state index in [0.29, 0.717) is 24.8 Å². The van der Waals surface area contributed by atoms with Gasteiger partial charge in [-0.2, -0.15) is 10.1 Å². The first-order valence-electron chi connectivity index (χ1n) is 8.67. The number of nitrogens with zero attached hydrogens (tertiary/aromatic N) is 5. The summed E-state index contributed by atoms with van der Waals surface area (Å²) in [5, 5.41) is 9.72. The van der Waals surface area contributed by atoms with Crippen LogP contribution in [0.4, 0.5) is 4.79 Å². The van der Waals surface area contributed by atoms with Crippen LogP contribution >= 0.6 is 0 Å². The van der Waals surface area contributed by atoms with Crippen LogP contribution in [0.5, 0.6) is 0 Å². The summed E-state index contributed by atoms with van der Waals surface area (Å²) in [6, 6.07) is 6.06. The second kappa shape index (κ2) is 6.44. The van der Waals surface area contributed by atoms with Crippen molar-refractivity contribution in [2.75, 3.05) is 20.2 Å². The Bertz CT molecular complexity index is 953. The Morgan fingerprint density at radius 1 is 1.31 bits per heavy atom. The van der Waals surface area contributed by atoms with Gasteiger partial charge >= 0.3 is 6.09 Å². The molecule has 1 amide bonds. The van der Waals surface area contributed by atoms with E-state index in [-0.39, 0.29) is 12.0 Å². The Kier molecular flexibility index (Phi) is 4.10. The number of amides is 1. The Balaban J connectivity index is 1.53. The molecule has 8 heteroatoms. The second-order valence-corrected chi connectivity index (χ2v) is 6.63. The van der Waals surface area contributed by atoms with Gasteiger partial charge in [-0.1, -0.05) is 17.3 Å². The minimum Gasteiger partial charge on any atom is -0.453 e. The van der Waals surface area contributed by atoms with E-state index in [4.69, 9.17) is 9.26 Å². The minimum atomic E-state index is -0.283. The molecule has 136 valence electrons. The molecule has 0 spiro atoms. The van der Waals surface area contributed by atoms with Gasteiger partial charge in [-0.25, -0.2) is 4.79 Å². The number of carbonyl (C=O) groups excluding carboxylic acids is 1. The van der Waals surface area contributed by atoms with Crippen molar-refractivity contribution in [3.8, 4) is 11.4 Å². The Morgan fingerprint density at radius 2 is 2.08 bits per heavy atom. The van der Waals surface area contributed by atoms with Crippen molar-refractivity contribution in [3.63, 3.8) is 0 Å². The SMILES string of the molecule is COC(=O)N1CCC(c2nc(-c3ccc4c(C)nn(C)c4c3)no2)CC1. The lowest BCUT2D eigenvalue weighted by Crippen LogP contribution is -2.37. The minimum absolute atomic E-state index is 0.167. The summed E-state index contributed by atoms with van der Waals surface area (Å²) in [5.41, 5.74) is 2.94. The molecule has 4 rings (SSSR count). The summed E-state index contributed by atoms with van der Waals surface area (Å²) in [4.78, 5) is 17.9. The lowest BCUT2D eigenvalue weighted by atomic mass is 9.97.